The van der Waals surface area contributed by atoms with Gasteiger partial charge in [-0.3, -0.25) is 0 Å². The minimum atomic E-state index is 0.706. The van der Waals surface area contributed by atoms with Crippen molar-refractivity contribution < 1.29 is 9.47 Å². The number of fused-ring (bicyclic) bond motifs is 1. The van der Waals surface area contributed by atoms with Gasteiger partial charge in [0.15, 0.2) is 11.5 Å². The molecule has 0 radical (unpaired) electrons. The summed E-state index contributed by atoms with van der Waals surface area (Å²) < 4.78 is 10.5. The maximum Gasteiger partial charge on any atom is 0.161 e. The van der Waals surface area contributed by atoms with Crippen molar-refractivity contribution >= 4 is 36.0 Å². The largest absolute Gasteiger partial charge is 0.493 e. The zero-order valence-corrected chi connectivity index (χ0v) is 10.8. The summed E-state index contributed by atoms with van der Waals surface area (Å²) >= 11 is 8.75. The zero-order valence-electron chi connectivity index (χ0n) is 9.02. The molecule has 0 fully saturated rings. The van der Waals surface area contributed by atoms with E-state index in [-0.39, 0.29) is 0 Å². The van der Waals surface area contributed by atoms with Crippen LogP contribution in [0.15, 0.2) is 34.1 Å². The van der Waals surface area contributed by atoms with Crippen LogP contribution in [0.2, 0.25) is 0 Å². The fourth-order valence-electron chi connectivity index (χ4n) is 1.65. The van der Waals surface area contributed by atoms with Crippen molar-refractivity contribution in [2.45, 2.75) is 9.79 Å². The van der Waals surface area contributed by atoms with Crippen molar-refractivity contribution in [2.24, 2.45) is 0 Å². The average molecular weight is 252 g/mol. The second kappa shape index (κ2) is 4.47. The highest BCUT2D eigenvalue weighted by Crippen LogP contribution is 2.35. The molecule has 16 heavy (non-hydrogen) atoms. The quantitative estimate of drug-likeness (QED) is 0.798. The Kier molecular flexibility index (Phi) is 3.21. The second-order valence-electron chi connectivity index (χ2n) is 3.39. The Bertz CT molecular complexity index is 538. The molecule has 2 nitrogen and oxygen atoms in total. The molecule has 0 bridgehead atoms. The number of hydrogen-bond acceptors (Lipinski definition) is 4. The summed E-state index contributed by atoms with van der Waals surface area (Å²) in [6.07, 6.45) is 0. The lowest BCUT2D eigenvalue weighted by molar-refractivity contribution is 0.356. The number of hydrogen-bond donors (Lipinski definition) is 2. The standard InChI is InChI=1S/C12H12O2S2/c1-13-10-4-7-3-8(15)5-12(16)9(7)6-11(10)14-2/h3-6,15-16H,1-2H3. The van der Waals surface area contributed by atoms with Crippen LogP contribution in [0.4, 0.5) is 0 Å². The molecule has 2 rings (SSSR count). The highest BCUT2D eigenvalue weighted by atomic mass is 32.1. The van der Waals surface area contributed by atoms with Crippen LogP contribution < -0.4 is 9.47 Å². The average Bonchev–Trinajstić information content (AvgIpc) is 2.27. The topological polar surface area (TPSA) is 18.5 Å². The van der Waals surface area contributed by atoms with Gasteiger partial charge in [-0.15, -0.1) is 25.3 Å². The van der Waals surface area contributed by atoms with E-state index in [1.807, 2.05) is 24.3 Å². The number of thiol groups is 2. The molecule has 2 aromatic carbocycles. The van der Waals surface area contributed by atoms with Crippen molar-refractivity contribution in [3.63, 3.8) is 0 Å². The van der Waals surface area contributed by atoms with Crippen molar-refractivity contribution in [2.75, 3.05) is 14.2 Å². The van der Waals surface area contributed by atoms with E-state index >= 15 is 0 Å². The van der Waals surface area contributed by atoms with Gasteiger partial charge >= 0.3 is 0 Å². The molecule has 0 N–H and O–H groups in total. The first-order valence-electron chi connectivity index (χ1n) is 4.73. The summed E-state index contributed by atoms with van der Waals surface area (Å²) in [6.45, 7) is 0. The van der Waals surface area contributed by atoms with Crippen LogP contribution in [0, 0.1) is 0 Å². The van der Waals surface area contributed by atoms with Gasteiger partial charge in [0.25, 0.3) is 0 Å². The molecule has 84 valence electrons. The van der Waals surface area contributed by atoms with Crippen LogP contribution in [0.3, 0.4) is 0 Å². The van der Waals surface area contributed by atoms with Crippen LogP contribution in [0.1, 0.15) is 0 Å². The number of benzene rings is 2. The molecule has 0 saturated heterocycles. The van der Waals surface area contributed by atoms with Crippen LogP contribution in [0.5, 0.6) is 11.5 Å². The molecule has 0 amide bonds. The highest BCUT2D eigenvalue weighted by Gasteiger charge is 2.08. The maximum atomic E-state index is 5.25. The van der Waals surface area contributed by atoms with Gasteiger partial charge in [0, 0.05) is 9.79 Å². The van der Waals surface area contributed by atoms with E-state index in [0.29, 0.717) is 11.5 Å². The van der Waals surface area contributed by atoms with E-state index in [1.165, 1.54) is 0 Å². The Balaban J connectivity index is 2.78. The summed E-state index contributed by atoms with van der Waals surface area (Å²) in [5.74, 6) is 1.42. The molecule has 0 aromatic heterocycles. The van der Waals surface area contributed by atoms with Crippen LogP contribution >= 0.6 is 25.3 Å². The van der Waals surface area contributed by atoms with Crippen LogP contribution in [0.25, 0.3) is 10.8 Å². The van der Waals surface area contributed by atoms with Gasteiger partial charge in [-0.25, -0.2) is 0 Å². The van der Waals surface area contributed by atoms with Crippen molar-refractivity contribution in [3.05, 3.63) is 24.3 Å². The number of rotatable bonds is 2. The predicted octanol–water partition coefficient (Wildman–Crippen LogP) is 3.43. The Morgan fingerprint density at radius 2 is 1.50 bits per heavy atom. The lowest BCUT2D eigenvalue weighted by atomic mass is 10.1. The molecule has 0 aliphatic heterocycles. The van der Waals surface area contributed by atoms with Gasteiger partial charge in [-0.2, -0.15) is 0 Å². The van der Waals surface area contributed by atoms with Crippen molar-refractivity contribution in [1.29, 1.82) is 0 Å². The summed E-state index contributed by atoms with van der Waals surface area (Å²) in [4.78, 5) is 1.76. The summed E-state index contributed by atoms with van der Waals surface area (Å²) in [6, 6.07) is 7.72. The molecule has 0 heterocycles. The Morgan fingerprint density at radius 3 is 2.12 bits per heavy atom. The van der Waals surface area contributed by atoms with Gasteiger partial charge in [0.1, 0.15) is 0 Å². The third-order valence-corrected chi connectivity index (χ3v) is 3.05. The Hall–Kier alpha value is -1.00. The van der Waals surface area contributed by atoms with E-state index in [0.717, 1.165) is 20.6 Å². The van der Waals surface area contributed by atoms with E-state index < -0.39 is 0 Å². The lowest BCUT2D eigenvalue weighted by Crippen LogP contribution is -1.91. The normalized spacial score (nSPS) is 10.5. The van der Waals surface area contributed by atoms with Gasteiger partial charge < -0.3 is 9.47 Å². The minimum Gasteiger partial charge on any atom is -0.493 e. The summed E-state index contributed by atoms with van der Waals surface area (Å²) in [7, 11) is 3.24. The molecular weight excluding hydrogens is 240 g/mol. The van der Waals surface area contributed by atoms with Crippen molar-refractivity contribution in [3.8, 4) is 11.5 Å². The van der Waals surface area contributed by atoms with E-state index in [1.54, 1.807) is 14.2 Å². The smallest absolute Gasteiger partial charge is 0.161 e. The van der Waals surface area contributed by atoms with Gasteiger partial charge in [-0.05, 0) is 35.0 Å². The fraction of sp³-hybridized carbons (Fsp3) is 0.167. The first kappa shape index (κ1) is 11.5. The van der Waals surface area contributed by atoms with E-state index in [2.05, 4.69) is 25.3 Å². The third-order valence-electron chi connectivity index (χ3n) is 2.42. The highest BCUT2D eigenvalue weighted by molar-refractivity contribution is 7.81. The first-order valence-corrected chi connectivity index (χ1v) is 5.63. The molecule has 0 unspecified atom stereocenters. The molecule has 0 atom stereocenters. The van der Waals surface area contributed by atoms with Gasteiger partial charge in [-0.1, -0.05) is 0 Å². The van der Waals surface area contributed by atoms with Gasteiger partial charge in [0.05, 0.1) is 14.2 Å². The van der Waals surface area contributed by atoms with E-state index in [9.17, 15) is 0 Å². The third kappa shape index (κ3) is 1.95. The predicted molar refractivity (Wildman–Crippen MR) is 71.6 cm³/mol. The SMILES string of the molecule is COc1cc2cc(S)cc(S)c2cc1OC. The molecular formula is C12H12O2S2. The van der Waals surface area contributed by atoms with Crippen LogP contribution in [-0.2, 0) is 0 Å². The molecule has 4 heteroatoms. The first-order chi connectivity index (χ1) is 7.65. The molecule has 0 aliphatic rings. The summed E-state index contributed by atoms with van der Waals surface area (Å²) in [5, 5.41) is 2.06. The van der Waals surface area contributed by atoms with Crippen molar-refractivity contribution in [1.82, 2.24) is 0 Å². The Morgan fingerprint density at radius 1 is 0.875 bits per heavy atom. The lowest BCUT2D eigenvalue weighted by Gasteiger charge is -2.10. The minimum absolute atomic E-state index is 0.706. The molecule has 0 aliphatic carbocycles. The Labute approximate surface area is 105 Å². The maximum absolute atomic E-state index is 5.25. The van der Waals surface area contributed by atoms with E-state index in [4.69, 9.17) is 9.47 Å². The molecule has 0 spiro atoms. The monoisotopic (exact) mass is 252 g/mol. The molecule has 0 saturated carbocycles. The zero-order chi connectivity index (χ0) is 11.7. The van der Waals surface area contributed by atoms with Gasteiger partial charge in [0.2, 0.25) is 0 Å². The number of methoxy groups -OCH3 is 2. The number of ether oxygens (including phenoxy) is 2. The second-order valence-corrected chi connectivity index (χ2v) is 4.39. The summed E-state index contributed by atoms with van der Waals surface area (Å²) in [5.41, 5.74) is 0. The van der Waals surface area contributed by atoms with Crippen LogP contribution in [-0.4, -0.2) is 14.2 Å². The fourth-order valence-corrected chi connectivity index (χ4v) is 2.36. The molecule has 2 aromatic rings.